The molecule has 1 amide bonds. The van der Waals surface area contributed by atoms with Crippen LogP contribution in [0, 0.1) is 5.92 Å². The number of aryl methyl sites for hydroxylation is 1. The minimum absolute atomic E-state index is 0.187. The van der Waals surface area contributed by atoms with Crippen LogP contribution in [0.4, 0.5) is 5.69 Å². The summed E-state index contributed by atoms with van der Waals surface area (Å²) in [6.45, 7) is 4.90. The van der Waals surface area contributed by atoms with Crippen molar-refractivity contribution in [1.29, 1.82) is 0 Å². The molecule has 0 N–H and O–H groups in total. The molecule has 0 saturated heterocycles. The standard InChI is InChI=1S/C17H23NO3/c1-12(2)9-16(19)18-8-4-5-14-10-13(6-7-15(14)18)11-17(20)21-3/h6-7,10,12H,4-5,8-9,11H2,1-3H3. The van der Waals surface area contributed by atoms with Gasteiger partial charge in [-0.1, -0.05) is 26.0 Å². The number of carbonyl (C=O) groups is 2. The van der Waals surface area contributed by atoms with Crippen LogP contribution in [0.5, 0.6) is 0 Å². The molecule has 114 valence electrons. The average Bonchev–Trinajstić information content (AvgIpc) is 2.45. The summed E-state index contributed by atoms with van der Waals surface area (Å²) in [5.41, 5.74) is 3.10. The lowest BCUT2D eigenvalue weighted by molar-refractivity contribution is -0.139. The van der Waals surface area contributed by atoms with Crippen molar-refractivity contribution in [2.75, 3.05) is 18.6 Å². The maximum Gasteiger partial charge on any atom is 0.309 e. The highest BCUT2D eigenvalue weighted by Crippen LogP contribution is 2.29. The molecule has 0 atom stereocenters. The van der Waals surface area contributed by atoms with E-state index in [1.54, 1.807) is 0 Å². The Bertz CT molecular complexity index is 537. The Kier molecular flexibility index (Phi) is 4.99. The lowest BCUT2D eigenvalue weighted by Gasteiger charge is -2.30. The van der Waals surface area contributed by atoms with E-state index < -0.39 is 0 Å². The lowest BCUT2D eigenvalue weighted by Crippen LogP contribution is -2.36. The molecule has 1 aromatic rings. The monoisotopic (exact) mass is 289 g/mol. The highest BCUT2D eigenvalue weighted by Gasteiger charge is 2.23. The van der Waals surface area contributed by atoms with Gasteiger partial charge in [0.25, 0.3) is 0 Å². The molecular formula is C17H23NO3. The summed E-state index contributed by atoms with van der Waals surface area (Å²) >= 11 is 0. The SMILES string of the molecule is COC(=O)Cc1ccc2c(c1)CCCN2C(=O)CC(C)C. The predicted octanol–water partition coefficient (Wildman–Crippen LogP) is 2.73. The highest BCUT2D eigenvalue weighted by molar-refractivity contribution is 5.94. The van der Waals surface area contributed by atoms with E-state index in [1.165, 1.54) is 7.11 Å². The van der Waals surface area contributed by atoms with Crippen molar-refractivity contribution >= 4 is 17.6 Å². The Hall–Kier alpha value is -1.84. The zero-order valence-electron chi connectivity index (χ0n) is 13.0. The molecule has 0 radical (unpaired) electrons. The molecule has 0 bridgehead atoms. The van der Waals surface area contributed by atoms with E-state index in [-0.39, 0.29) is 18.3 Å². The van der Waals surface area contributed by atoms with Crippen molar-refractivity contribution < 1.29 is 14.3 Å². The number of methoxy groups -OCH3 is 1. The van der Waals surface area contributed by atoms with Crippen molar-refractivity contribution in [3.8, 4) is 0 Å². The van der Waals surface area contributed by atoms with Crippen LogP contribution in [0.2, 0.25) is 0 Å². The number of hydrogen-bond donors (Lipinski definition) is 0. The Morgan fingerprint density at radius 3 is 2.76 bits per heavy atom. The number of anilines is 1. The summed E-state index contributed by atoms with van der Waals surface area (Å²) in [7, 11) is 1.40. The number of carbonyl (C=O) groups excluding carboxylic acids is 2. The third kappa shape index (κ3) is 3.84. The third-order valence-electron chi connectivity index (χ3n) is 3.72. The molecule has 0 aliphatic carbocycles. The summed E-state index contributed by atoms with van der Waals surface area (Å²) < 4.78 is 4.70. The van der Waals surface area contributed by atoms with Gasteiger partial charge >= 0.3 is 5.97 Å². The van der Waals surface area contributed by atoms with Crippen LogP contribution >= 0.6 is 0 Å². The van der Waals surface area contributed by atoms with Gasteiger partial charge in [-0.2, -0.15) is 0 Å². The van der Waals surface area contributed by atoms with Crippen LogP contribution in [0.25, 0.3) is 0 Å². The second-order valence-electron chi connectivity index (χ2n) is 5.96. The fourth-order valence-corrected chi connectivity index (χ4v) is 2.72. The van der Waals surface area contributed by atoms with Gasteiger partial charge in [0.2, 0.25) is 5.91 Å². The summed E-state index contributed by atoms with van der Waals surface area (Å²) in [6, 6.07) is 5.91. The van der Waals surface area contributed by atoms with Crippen LogP contribution in [-0.4, -0.2) is 25.5 Å². The van der Waals surface area contributed by atoms with Crippen molar-refractivity contribution in [3.05, 3.63) is 29.3 Å². The molecule has 0 unspecified atom stereocenters. The molecule has 4 heteroatoms. The molecule has 0 spiro atoms. The van der Waals surface area contributed by atoms with E-state index in [0.717, 1.165) is 36.2 Å². The van der Waals surface area contributed by atoms with E-state index in [0.29, 0.717) is 12.3 Å². The molecule has 1 aromatic carbocycles. The number of rotatable bonds is 4. The van der Waals surface area contributed by atoms with E-state index in [9.17, 15) is 9.59 Å². The third-order valence-corrected chi connectivity index (χ3v) is 3.72. The summed E-state index contributed by atoms with van der Waals surface area (Å²) in [5.74, 6) is 0.312. The lowest BCUT2D eigenvalue weighted by atomic mass is 9.97. The number of ether oxygens (including phenoxy) is 1. The Labute approximate surface area is 126 Å². The fraction of sp³-hybridized carbons (Fsp3) is 0.529. The maximum atomic E-state index is 12.3. The van der Waals surface area contributed by atoms with Crippen LogP contribution in [-0.2, 0) is 27.2 Å². The van der Waals surface area contributed by atoms with Crippen LogP contribution in [0.15, 0.2) is 18.2 Å². The first-order valence-electron chi connectivity index (χ1n) is 7.50. The van der Waals surface area contributed by atoms with E-state index in [4.69, 9.17) is 4.74 Å². The van der Waals surface area contributed by atoms with Crippen molar-refractivity contribution in [2.45, 2.75) is 39.5 Å². The van der Waals surface area contributed by atoms with Crippen molar-refractivity contribution in [1.82, 2.24) is 0 Å². The Balaban J connectivity index is 2.20. The minimum Gasteiger partial charge on any atom is -0.469 e. The quantitative estimate of drug-likeness (QED) is 0.801. The van der Waals surface area contributed by atoms with Gasteiger partial charge in [0.1, 0.15) is 0 Å². The molecule has 1 heterocycles. The Morgan fingerprint density at radius 2 is 2.10 bits per heavy atom. The van der Waals surface area contributed by atoms with Gasteiger partial charge in [0.15, 0.2) is 0 Å². The highest BCUT2D eigenvalue weighted by atomic mass is 16.5. The van der Waals surface area contributed by atoms with E-state index in [2.05, 4.69) is 13.8 Å². The molecular weight excluding hydrogens is 266 g/mol. The smallest absolute Gasteiger partial charge is 0.309 e. The number of amides is 1. The van der Waals surface area contributed by atoms with E-state index in [1.807, 2.05) is 23.1 Å². The largest absolute Gasteiger partial charge is 0.469 e. The van der Waals surface area contributed by atoms with Gasteiger partial charge in [-0.05, 0) is 36.0 Å². The number of fused-ring (bicyclic) bond motifs is 1. The molecule has 4 nitrogen and oxygen atoms in total. The van der Waals surface area contributed by atoms with Gasteiger partial charge in [-0.3, -0.25) is 9.59 Å². The number of nitrogens with zero attached hydrogens (tertiary/aromatic N) is 1. The minimum atomic E-state index is -0.238. The molecule has 1 aliphatic rings. The van der Waals surface area contributed by atoms with E-state index >= 15 is 0 Å². The summed E-state index contributed by atoms with van der Waals surface area (Å²) in [5, 5.41) is 0. The van der Waals surface area contributed by atoms with Gasteiger partial charge < -0.3 is 9.64 Å². The van der Waals surface area contributed by atoms with Crippen LogP contribution in [0.3, 0.4) is 0 Å². The first-order chi connectivity index (χ1) is 10.0. The Morgan fingerprint density at radius 1 is 1.33 bits per heavy atom. The van der Waals surface area contributed by atoms with Crippen LogP contribution in [0.1, 0.15) is 37.8 Å². The molecule has 21 heavy (non-hydrogen) atoms. The second-order valence-corrected chi connectivity index (χ2v) is 5.96. The van der Waals surface area contributed by atoms with Gasteiger partial charge in [-0.25, -0.2) is 0 Å². The van der Waals surface area contributed by atoms with Gasteiger partial charge in [0, 0.05) is 18.7 Å². The first kappa shape index (κ1) is 15.5. The summed E-state index contributed by atoms with van der Waals surface area (Å²) in [4.78, 5) is 25.6. The molecule has 0 fully saturated rings. The zero-order chi connectivity index (χ0) is 15.4. The van der Waals surface area contributed by atoms with Crippen molar-refractivity contribution in [3.63, 3.8) is 0 Å². The van der Waals surface area contributed by atoms with Gasteiger partial charge in [-0.15, -0.1) is 0 Å². The molecule has 2 rings (SSSR count). The number of benzene rings is 1. The topological polar surface area (TPSA) is 46.6 Å². The van der Waals surface area contributed by atoms with Gasteiger partial charge in [0.05, 0.1) is 13.5 Å². The number of esters is 1. The number of hydrogen-bond acceptors (Lipinski definition) is 3. The second kappa shape index (κ2) is 6.74. The normalized spacial score (nSPS) is 14.0. The van der Waals surface area contributed by atoms with Crippen LogP contribution < -0.4 is 4.90 Å². The molecule has 1 aliphatic heterocycles. The van der Waals surface area contributed by atoms with Crippen molar-refractivity contribution in [2.24, 2.45) is 5.92 Å². The average molecular weight is 289 g/mol. The maximum absolute atomic E-state index is 12.3. The predicted molar refractivity (Wildman–Crippen MR) is 82.3 cm³/mol. The summed E-state index contributed by atoms with van der Waals surface area (Å²) in [6.07, 6.45) is 2.78. The zero-order valence-corrected chi connectivity index (χ0v) is 13.0. The first-order valence-corrected chi connectivity index (χ1v) is 7.50. The molecule has 0 saturated carbocycles. The molecule has 0 aromatic heterocycles. The fourth-order valence-electron chi connectivity index (χ4n) is 2.72.